The summed E-state index contributed by atoms with van der Waals surface area (Å²) >= 11 is 0.577. The Bertz CT molecular complexity index is 42.9. The van der Waals surface area contributed by atoms with E-state index < -0.39 is 0 Å². The Balaban J connectivity index is 2.85. The molecule has 0 aliphatic heterocycles. The van der Waals surface area contributed by atoms with E-state index in [1.807, 2.05) is 0 Å². The van der Waals surface area contributed by atoms with Crippen LogP contribution in [0.4, 0.5) is 0 Å². The predicted molar refractivity (Wildman–Crippen MR) is 17.5 cm³/mol. The van der Waals surface area contributed by atoms with Crippen molar-refractivity contribution < 1.29 is 7.65 Å². The molecule has 0 aliphatic carbocycles. The molecule has 0 saturated heterocycles. The Morgan fingerprint density at radius 3 is 2.20 bits per heavy atom. The average molecular weight is 174 g/mol. The van der Waals surface area contributed by atoms with Gasteiger partial charge in [0.15, 0.2) is 0 Å². The quantitative estimate of drug-likeness (QED) is 0.500. The van der Waals surface area contributed by atoms with Gasteiger partial charge in [-0.25, -0.2) is 0 Å². The Hall–Kier alpha value is 0.340. The summed E-state index contributed by atoms with van der Waals surface area (Å²) in [6.07, 6.45) is 0. The number of carbonyl (C=O) groups is 1. The van der Waals surface area contributed by atoms with E-state index in [1.165, 1.54) is 6.92 Å². The third-order valence-corrected chi connectivity index (χ3v) is 1.11. The van der Waals surface area contributed by atoms with E-state index in [2.05, 4.69) is 2.85 Å². The van der Waals surface area contributed by atoms with Gasteiger partial charge in [0.05, 0.1) is 0 Å². The molecule has 0 unspecified atom stereocenters. The molecule has 0 aliphatic rings. The van der Waals surface area contributed by atoms with Crippen molar-refractivity contribution in [1.82, 2.24) is 0 Å². The first kappa shape index (κ1) is 5.34. The fourth-order valence-corrected chi connectivity index (χ4v) is 0. The first-order valence-corrected chi connectivity index (χ1v) is 2.49. The second kappa shape index (κ2) is 2.57. The molecule has 2 nitrogen and oxygen atoms in total. The molecule has 5 heavy (non-hydrogen) atoms. The SMILES string of the molecule is CC(=O)[O][In]. The van der Waals surface area contributed by atoms with Crippen LogP contribution >= 0.6 is 0 Å². The summed E-state index contributed by atoms with van der Waals surface area (Å²) < 4.78 is 4.24. The number of hydrogen-bond acceptors (Lipinski definition) is 2. The van der Waals surface area contributed by atoms with Crippen LogP contribution in [-0.4, -0.2) is 30.8 Å². The van der Waals surface area contributed by atoms with Crippen LogP contribution < -0.4 is 0 Å². The maximum absolute atomic E-state index is 9.62. The summed E-state index contributed by atoms with van der Waals surface area (Å²) in [7, 11) is 0. The van der Waals surface area contributed by atoms with Crippen LogP contribution in [0.25, 0.3) is 0 Å². The summed E-state index contributed by atoms with van der Waals surface area (Å²) in [6, 6.07) is 0. The molecule has 0 bridgehead atoms. The predicted octanol–water partition coefficient (Wildman–Crippen LogP) is -0.367. The molecule has 0 saturated carbocycles. The number of rotatable bonds is 0. The van der Waals surface area contributed by atoms with Gasteiger partial charge in [0, 0.05) is 0 Å². The summed E-state index contributed by atoms with van der Waals surface area (Å²) in [5.41, 5.74) is 0. The first-order valence-electron chi connectivity index (χ1n) is 1.14. The Morgan fingerprint density at radius 2 is 2.20 bits per heavy atom. The van der Waals surface area contributed by atoms with Crippen LogP contribution in [0.2, 0.25) is 0 Å². The van der Waals surface area contributed by atoms with Gasteiger partial charge in [0.1, 0.15) is 0 Å². The molecule has 0 rings (SSSR count). The standard InChI is InChI=1S/C2H4O2.In/c1-2(3)4;/h1H3,(H,3,4);/q;+1/p-1. The Labute approximate surface area is 45.7 Å². The van der Waals surface area contributed by atoms with Gasteiger partial charge >= 0.3 is 45.4 Å². The van der Waals surface area contributed by atoms with Crippen molar-refractivity contribution in [1.29, 1.82) is 0 Å². The molecule has 0 aromatic heterocycles. The molecule has 0 atom stereocenters. The van der Waals surface area contributed by atoms with Crippen molar-refractivity contribution in [3.05, 3.63) is 0 Å². The normalized spacial score (nSPS) is 6.60. The van der Waals surface area contributed by atoms with Crippen molar-refractivity contribution in [2.24, 2.45) is 0 Å². The molecule has 0 spiro atoms. The van der Waals surface area contributed by atoms with E-state index in [4.69, 9.17) is 0 Å². The monoisotopic (exact) mass is 174 g/mol. The minimum atomic E-state index is -0.188. The molecule has 26 valence electrons. The summed E-state index contributed by atoms with van der Waals surface area (Å²) in [6.45, 7) is 1.39. The molecule has 2 radical (unpaired) electrons. The molecule has 0 aromatic rings. The van der Waals surface area contributed by atoms with Crippen molar-refractivity contribution in [2.75, 3.05) is 0 Å². The third-order valence-electron chi connectivity index (χ3n) is 0.166. The maximum atomic E-state index is 9.62. The van der Waals surface area contributed by atoms with Crippen LogP contribution in [0.3, 0.4) is 0 Å². The Kier molecular flexibility index (Phi) is 2.75. The van der Waals surface area contributed by atoms with E-state index in [0.717, 1.165) is 0 Å². The van der Waals surface area contributed by atoms with Gasteiger partial charge < -0.3 is 0 Å². The van der Waals surface area contributed by atoms with Crippen LogP contribution in [0.15, 0.2) is 0 Å². The third kappa shape index (κ3) is 4.34. The van der Waals surface area contributed by atoms with E-state index in [1.54, 1.807) is 0 Å². The molecule has 0 N–H and O–H groups in total. The zero-order chi connectivity index (χ0) is 4.28. The van der Waals surface area contributed by atoms with Gasteiger partial charge in [-0.1, -0.05) is 0 Å². The minimum absolute atomic E-state index is 0.188. The molecule has 0 fully saturated rings. The van der Waals surface area contributed by atoms with Gasteiger partial charge in [-0.3, -0.25) is 0 Å². The van der Waals surface area contributed by atoms with Crippen molar-refractivity contribution in [3.8, 4) is 0 Å². The second-order valence-corrected chi connectivity index (χ2v) is 1.28. The number of carbonyl (C=O) groups excluding carboxylic acids is 1. The summed E-state index contributed by atoms with van der Waals surface area (Å²) in [5.74, 6) is -0.188. The van der Waals surface area contributed by atoms with E-state index in [0.29, 0.717) is 24.8 Å². The van der Waals surface area contributed by atoms with E-state index >= 15 is 0 Å². The fraction of sp³-hybridized carbons (Fsp3) is 0.500. The molecular formula is C2H3InO2. The second-order valence-electron chi connectivity index (χ2n) is 0.609. The van der Waals surface area contributed by atoms with Gasteiger partial charge in [0.25, 0.3) is 0 Å². The van der Waals surface area contributed by atoms with Gasteiger partial charge in [-0.15, -0.1) is 0 Å². The zero-order valence-corrected chi connectivity index (χ0v) is 6.19. The molecule has 0 aromatic carbocycles. The van der Waals surface area contributed by atoms with E-state index in [-0.39, 0.29) is 5.97 Å². The van der Waals surface area contributed by atoms with Crippen LogP contribution in [0.1, 0.15) is 6.92 Å². The first-order chi connectivity index (χ1) is 2.27. The van der Waals surface area contributed by atoms with Crippen LogP contribution in [0, 0.1) is 0 Å². The average Bonchev–Trinajstić information content (AvgIpc) is 1.38. The van der Waals surface area contributed by atoms with Crippen LogP contribution in [-0.2, 0) is 7.65 Å². The number of hydrogen-bond donors (Lipinski definition) is 0. The van der Waals surface area contributed by atoms with E-state index in [9.17, 15) is 4.79 Å². The molecule has 0 heterocycles. The Morgan fingerprint density at radius 1 is 2.00 bits per heavy atom. The summed E-state index contributed by atoms with van der Waals surface area (Å²) in [5, 5.41) is 0. The van der Waals surface area contributed by atoms with Gasteiger partial charge in [0.2, 0.25) is 0 Å². The zero-order valence-electron chi connectivity index (χ0n) is 2.89. The van der Waals surface area contributed by atoms with Gasteiger partial charge in [-0.05, 0) is 0 Å². The van der Waals surface area contributed by atoms with Crippen molar-refractivity contribution in [2.45, 2.75) is 6.92 Å². The molecule has 0 amide bonds. The summed E-state index contributed by atoms with van der Waals surface area (Å²) in [4.78, 5) is 9.62. The van der Waals surface area contributed by atoms with Crippen molar-refractivity contribution in [3.63, 3.8) is 0 Å². The fourth-order valence-electron chi connectivity index (χ4n) is 0. The van der Waals surface area contributed by atoms with Crippen molar-refractivity contribution >= 4 is 30.8 Å². The van der Waals surface area contributed by atoms with Crippen LogP contribution in [0.5, 0.6) is 0 Å². The topological polar surface area (TPSA) is 26.3 Å². The van der Waals surface area contributed by atoms with Gasteiger partial charge in [-0.2, -0.15) is 0 Å². The molecular weight excluding hydrogens is 171 g/mol. The molecule has 3 heteroatoms.